The number of anilines is 1. The van der Waals surface area contributed by atoms with Crippen molar-refractivity contribution in [3.05, 3.63) is 51.0 Å². The first-order valence-corrected chi connectivity index (χ1v) is 5.55. The summed E-state index contributed by atoms with van der Waals surface area (Å²) in [5, 5.41) is 14.8. The number of para-hydroxylation sites is 2. The molecule has 2 rings (SSSR count). The molecule has 0 radical (unpaired) electrons. The number of carbonyl (C=O) groups is 1. The molecule has 2 aromatic rings. The Morgan fingerprint density at radius 1 is 1.41 bits per heavy atom. The maximum atomic E-state index is 11.7. The van der Waals surface area contributed by atoms with Gasteiger partial charge < -0.3 is 5.32 Å². The number of nitrogens with one attached hydrogen (secondary N) is 1. The maximum absolute atomic E-state index is 11.7. The summed E-state index contributed by atoms with van der Waals surface area (Å²) in [4.78, 5) is 25.7. The van der Waals surface area contributed by atoms with Crippen LogP contribution in [0.3, 0.4) is 0 Å². The van der Waals surface area contributed by atoms with Gasteiger partial charge in [0.15, 0.2) is 0 Å². The molecule has 0 atom stereocenters. The largest absolute Gasteiger partial charge is 0.315 e. The minimum absolute atomic E-state index is 0.143. The van der Waals surface area contributed by atoms with Gasteiger partial charge in [-0.1, -0.05) is 12.1 Å². The molecule has 17 heavy (non-hydrogen) atoms. The molecule has 7 heteroatoms. The minimum Gasteiger partial charge on any atom is -0.315 e. The van der Waals surface area contributed by atoms with E-state index in [0.717, 1.165) is 0 Å². The van der Waals surface area contributed by atoms with Crippen molar-refractivity contribution in [2.45, 2.75) is 0 Å². The van der Waals surface area contributed by atoms with E-state index in [0.29, 0.717) is 0 Å². The summed E-state index contributed by atoms with van der Waals surface area (Å²) >= 11 is 1.28. The van der Waals surface area contributed by atoms with Gasteiger partial charge in [0.1, 0.15) is 11.4 Å². The number of nitro benzene ring substituents is 1. The van der Waals surface area contributed by atoms with Crippen molar-refractivity contribution >= 4 is 28.6 Å². The Morgan fingerprint density at radius 2 is 2.18 bits per heavy atom. The SMILES string of the molecule is O=C(Nc1ccccc1[N+](=O)[O-])c1cscn1. The molecule has 0 unspecified atom stereocenters. The number of aromatic nitrogens is 1. The highest BCUT2D eigenvalue weighted by atomic mass is 32.1. The summed E-state index contributed by atoms with van der Waals surface area (Å²) in [7, 11) is 0. The highest BCUT2D eigenvalue weighted by Crippen LogP contribution is 2.23. The molecule has 0 fully saturated rings. The first kappa shape index (κ1) is 11.2. The number of amides is 1. The van der Waals surface area contributed by atoms with Gasteiger partial charge in [0.25, 0.3) is 11.6 Å². The second kappa shape index (κ2) is 4.71. The van der Waals surface area contributed by atoms with Gasteiger partial charge in [-0.2, -0.15) is 0 Å². The van der Waals surface area contributed by atoms with E-state index in [9.17, 15) is 14.9 Å². The van der Waals surface area contributed by atoms with Crippen LogP contribution < -0.4 is 5.32 Å². The zero-order valence-corrected chi connectivity index (χ0v) is 9.31. The van der Waals surface area contributed by atoms with E-state index in [1.165, 1.54) is 35.0 Å². The summed E-state index contributed by atoms with van der Waals surface area (Å²) in [6.07, 6.45) is 0. The molecule has 1 aromatic heterocycles. The van der Waals surface area contributed by atoms with Crippen molar-refractivity contribution in [2.75, 3.05) is 5.32 Å². The van der Waals surface area contributed by atoms with E-state index < -0.39 is 10.8 Å². The summed E-state index contributed by atoms with van der Waals surface area (Å²) in [6, 6.07) is 5.96. The Labute approximate surface area is 100 Å². The lowest BCUT2D eigenvalue weighted by Crippen LogP contribution is -2.13. The highest BCUT2D eigenvalue weighted by Gasteiger charge is 2.16. The number of hydrogen-bond acceptors (Lipinski definition) is 5. The zero-order valence-electron chi connectivity index (χ0n) is 8.49. The molecule has 0 aliphatic heterocycles. The van der Waals surface area contributed by atoms with Crippen LogP contribution in [-0.2, 0) is 0 Å². The van der Waals surface area contributed by atoms with Crippen molar-refractivity contribution < 1.29 is 9.72 Å². The summed E-state index contributed by atoms with van der Waals surface area (Å²) in [5.74, 6) is -0.458. The Kier molecular flexibility index (Phi) is 3.10. The quantitative estimate of drug-likeness (QED) is 0.668. The average molecular weight is 249 g/mol. The van der Waals surface area contributed by atoms with Crippen LogP contribution in [0.4, 0.5) is 11.4 Å². The lowest BCUT2D eigenvalue weighted by molar-refractivity contribution is -0.383. The van der Waals surface area contributed by atoms with E-state index in [4.69, 9.17) is 0 Å². The van der Waals surface area contributed by atoms with Crippen LogP contribution in [0.25, 0.3) is 0 Å². The van der Waals surface area contributed by atoms with Gasteiger partial charge in [0.05, 0.1) is 10.4 Å². The van der Waals surface area contributed by atoms with Crippen LogP contribution >= 0.6 is 11.3 Å². The van der Waals surface area contributed by atoms with Gasteiger partial charge in [-0.15, -0.1) is 11.3 Å². The predicted octanol–water partition coefficient (Wildman–Crippen LogP) is 2.30. The van der Waals surface area contributed by atoms with Crippen LogP contribution in [0.1, 0.15) is 10.5 Å². The number of hydrogen-bond donors (Lipinski definition) is 1. The fraction of sp³-hybridized carbons (Fsp3) is 0. The second-order valence-corrected chi connectivity index (χ2v) is 3.82. The van der Waals surface area contributed by atoms with Gasteiger partial charge in [-0.3, -0.25) is 14.9 Å². The van der Waals surface area contributed by atoms with Gasteiger partial charge in [-0.25, -0.2) is 4.98 Å². The molecule has 0 spiro atoms. The van der Waals surface area contributed by atoms with Crippen LogP contribution in [0, 0.1) is 10.1 Å². The second-order valence-electron chi connectivity index (χ2n) is 3.10. The van der Waals surface area contributed by atoms with Crippen molar-refractivity contribution in [2.24, 2.45) is 0 Å². The van der Waals surface area contributed by atoms with Crippen molar-refractivity contribution in [1.82, 2.24) is 4.98 Å². The van der Waals surface area contributed by atoms with E-state index >= 15 is 0 Å². The summed E-state index contributed by atoms with van der Waals surface area (Å²) in [5.41, 5.74) is 1.79. The molecule has 6 nitrogen and oxygen atoms in total. The van der Waals surface area contributed by atoms with E-state index in [1.54, 1.807) is 11.4 Å². The molecule has 1 heterocycles. The molecule has 1 N–H and O–H groups in total. The van der Waals surface area contributed by atoms with Crippen molar-refractivity contribution in [1.29, 1.82) is 0 Å². The van der Waals surface area contributed by atoms with Crippen molar-refractivity contribution in [3.8, 4) is 0 Å². The number of benzene rings is 1. The van der Waals surface area contributed by atoms with Crippen molar-refractivity contribution in [3.63, 3.8) is 0 Å². The van der Waals surface area contributed by atoms with Crippen LogP contribution in [-0.4, -0.2) is 15.8 Å². The smallest absolute Gasteiger partial charge is 0.292 e. The van der Waals surface area contributed by atoms with Gasteiger partial charge in [0.2, 0.25) is 0 Å². The zero-order chi connectivity index (χ0) is 12.3. The molecule has 0 saturated carbocycles. The molecule has 0 saturated heterocycles. The first-order chi connectivity index (χ1) is 8.18. The molecule has 0 bridgehead atoms. The Balaban J connectivity index is 2.25. The monoisotopic (exact) mass is 249 g/mol. The lowest BCUT2D eigenvalue weighted by Gasteiger charge is -2.03. The molecular weight excluding hydrogens is 242 g/mol. The fourth-order valence-corrected chi connectivity index (χ4v) is 1.78. The van der Waals surface area contributed by atoms with E-state index in [1.807, 2.05) is 0 Å². The third-order valence-electron chi connectivity index (χ3n) is 2.01. The molecule has 0 aliphatic carbocycles. The number of nitro groups is 1. The predicted molar refractivity (Wildman–Crippen MR) is 63.2 cm³/mol. The molecule has 0 aliphatic rings. The number of nitrogens with zero attached hydrogens (tertiary/aromatic N) is 2. The van der Waals surface area contributed by atoms with Gasteiger partial charge in [-0.05, 0) is 6.07 Å². The molecule has 1 aromatic carbocycles. The third kappa shape index (κ3) is 2.45. The molecular formula is C10H7N3O3S. The Hall–Kier alpha value is -2.28. The molecule has 86 valence electrons. The average Bonchev–Trinajstić information content (AvgIpc) is 2.83. The minimum atomic E-state index is -0.545. The summed E-state index contributed by atoms with van der Waals surface area (Å²) in [6.45, 7) is 0. The number of rotatable bonds is 3. The van der Waals surface area contributed by atoms with E-state index in [-0.39, 0.29) is 17.1 Å². The van der Waals surface area contributed by atoms with Crippen LogP contribution in [0.15, 0.2) is 35.2 Å². The van der Waals surface area contributed by atoms with Crippen LogP contribution in [0.2, 0.25) is 0 Å². The maximum Gasteiger partial charge on any atom is 0.292 e. The van der Waals surface area contributed by atoms with E-state index in [2.05, 4.69) is 10.3 Å². The standard InChI is InChI=1S/C10H7N3O3S/c14-10(8-5-17-6-11-8)12-7-3-1-2-4-9(7)13(15)16/h1-6H,(H,12,14). The number of carbonyl (C=O) groups excluding carboxylic acids is 1. The van der Waals surface area contributed by atoms with Crippen LogP contribution in [0.5, 0.6) is 0 Å². The van der Waals surface area contributed by atoms with Gasteiger partial charge >= 0.3 is 0 Å². The Morgan fingerprint density at radius 3 is 2.82 bits per heavy atom. The lowest BCUT2D eigenvalue weighted by atomic mass is 10.2. The summed E-state index contributed by atoms with van der Waals surface area (Å²) < 4.78 is 0. The topological polar surface area (TPSA) is 85.1 Å². The fourth-order valence-electron chi connectivity index (χ4n) is 1.25. The first-order valence-electron chi connectivity index (χ1n) is 4.61. The Bertz CT molecular complexity index is 554. The number of thiazole rings is 1. The molecule has 1 amide bonds. The third-order valence-corrected chi connectivity index (χ3v) is 2.60. The normalized spacial score (nSPS) is 9.88. The van der Waals surface area contributed by atoms with Gasteiger partial charge in [0, 0.05) is 11.4 Å². The highest BCUT2D eigenvalue weighted by molar-refractivity contribution is 7.07.